The Morgan fingerprint density at radius 2 is 2.22 bits per heavy atom. The largest absolute Gasteiger partial charge is 0.477 e. The van der Waals surface area contributed by atoms with E-state index in [4.69, 9.17) is 15.6 Å². The second-order valence-electron chi connectivity index (χ2n) is 3.91. The molecule has 0 aromatic rings. The minimum Gasteiger partial charge on any atom is -0.477 e. The average Bonchev–Trinajstić information content (AvgIpc) is 2.64. The van der Waals surface area contributed by atoms with Crippen LogP contribution in [0.2, 0.25) is 0 Å². The highest BCUT2D eigenvalue weighted by Gasteiger charge is 2.56. The van der Waals surface area contributed by atoms with Gasteiger partial charge >= 0.3 is 11.9 Å². The molecule has 2 rings (SSSR count). The van der Waals surface area contributed by atoms with Crippen molar-refractivity contribution in [2.45, 2.75) is 12.3 Å². The third kappa shape index (κ3) is 1.87. The van der Waals surface area contributed by atoms with Gasteiger partial charge in [-0.3, -0.25) is 14.5 Å². The van der Waals surface area contributed by atoms with Crippen LogP contribution >= 0.6 is 11.8 Å². The summed E-state index contributed by atoms with van der Waals surface area (Å²) in [6.07, 6.45) is 0. The first-order valence-electron chi connectivity index (χ1n) is 5.27. The number of hydrogen-bond donors (Lipinski definition) is 2. The lowest BCUT2D eigenvalue weighted by Crippen LogP contribution is -2.58. The highest BCUT2D eigenvalue weighted by Crippen LogP contribution is 2.48. The Hall–Kier alpha value is -1.54. The van der Waals surface area contributed by atoms with Crippen LogP contribution in [0.5, 0.6) is 0 Å². The van der Waals surface area contributed by atoms with E-state index in [1.165, 1.54) is 23.6 Å². The fourth-order valence-electron chi connectivity index (χ4n) is 1.96. The van der Waals surface area contributed by atoms with E-state index >= 15 is 0 Å². The first-order chi connectivity index (χ1) is 8.47. The van der Waals surface area contributed by atoms with Gasteiger partial charge in [0.2, 0.25) is 5.91 Å². The van der Waals surface area contributed by atoms with E-state index in [1.807, 2.05) is 0 Å². The van der Waals surface area contributed by atoms with E-state index in [1.54, 1.807) is 0 Å². The molecule has 0 aromatic carbocycles. The van der Waals surface area contributed by atoms with Crippen LogP contribution in [-0.4, -0.2) is 46.4 Å². The second kappa shape index (κ2) is 4.62. The van der Waals surface area contributed by atoms with Crippen LogP contribution in [0.4, 0.5) is 0 Å². The molecule has 8 heteroatoms. The van der Waals surface area contributed by atoms with Crippen molar-refractivity contribution >= 4 is 29.6 Å². The lowest BCUT2D eigenvalue weighted by molar-refractivity contribution is -0.158. The number of hydrogen-bond acceptors (Lipinski definition) is 6. The Labute approximate surface area is 107 Å². The summed E-state index contributed by atoms with van der Waals surface area (Å²) in [5.41, 5.74) is 5.42. The van der Waals surface area contributed by atoms with Crippen LogP contribution in [0.1, 0.15) is 6.92 Å². The summed E-state index contributed by atoms with van der Waals surface area (Å²) in [6.45, 7) is 1.31. The summed E-state index contributed by atoms with van der Waals surface area (Å²) in [6, 6.07) is 0. The van der Waals surface area contributed by atoms with Gasteiger partial charge in [-0.1, -0.05) is 0 Å². The van der Waals surface area contributed by atoms with Crippen molar-refractivity contribution in [1.29, 1.82) is 0 Å². The number of ether oxygens (including phenoxy) is 1. The predicted octanol–water partition coefficient (Wildman–Crippen LogP) is -0.664. The number of amides is 1. The molecule has 0 aromatic heterocycles. The predicted molar refractivity (Wildman–Crippen MR) is 62.1 cm³/mol. The van der Waals surface area contributed by atoms with Crippen molar-refractivity contribution in [2.24, 2.45) is 11.7 Å². The van der Waals surface area contributed by atoms with Crippen molar-refractivity contribution in [3.8, 4) is 0 Å². The number of carboxylic acid groups (broad SMARTS) is 1. The topological polar surface area (TPSA) is 110 Å². The fraction of sp³-hybridized carbons (Fsp3) is 0.500. The van der Waals surface area contributed by atoms with Gasteiger partial charge in [0.25, 0.3) is 0 Å². The number of carbonyl (C=O) groups excluding carboxylic acids is 2. The number of nitrogens with two attached hydrogens (primary N) is 1. The van der Waals surface area contributed by atoms with Crippen LogP contribution in [0.25, 0.3) is 0 Å². The van der Waals surface area contributed by atoms with E-state index in [0.717, 1.165) is 0 Å². The van der Waals surface area contributed by atoms with Crippen LogP contribution in [0, 0.1) is 5.92 Å². The van der Waals surface area contributed by atoms with Crippen LogP contribution in [0.15, 0.2) is 10.6 Å². The van der Waals surface area contributed by atoms with E-state index in [2.05, 4.69) is 0 Å². The molecule has 0 bridgehead atoms. The molecule has 98 valence electrons. The second-order valence-corrected chi connectivity index (χ2v) is 5.12. The van der Waals surface area contributed by atoms with Crippen LogP contribution < -0.4 is 5.73 Å². The number of rotatable bonds is 4. The van der Waals surface area contributed by atoms with Crippen molar-refractivity contribution < 1.29 is 24.2 Å². The van der Waals surface area contributed by atoms with Crippen molar-refractivity contribution in [2.75, 3.05) is 13.2 Å². The highest BCUT2D eigenvalue weighted by molar-refractivity contribution is 8.04. The molecule has 1 saturated heterocycles. The van der Waals surface area contributed by atoms with Gasteiger partial charge in [0.1, 0.15) is 23.6 Å². The van der Waals surface area contributed by atoms with Crippen LogP contribution in [-0.2, 0) is 19.1 Å². The van der Waals surface area contributed by atoms with Gasteiger partial charge in [-0.05, 0) is 0 Å². The molecule has 7 nitrogen and oxygen atoms in total. The van der Waals surface area contributed by atoms with E-state index in [9.17, 15) is 14.4 Å². The maximum atomic E-state index is 11.8. The molecule has 2 aliphatic heterocycles. The molecular formula is C10H12N2O5S. The molecule has 2 heterocycles. The van der Waals surface area contributed by atoms with Gasteiger partial charge in [0, 0.05) is 18.4 Å². The number of carbonyl (C=O) groups is 3. The lowest BCUT2D eigenvalue weighted by atomic mass is 9.98. The molecule has 1 amide bonds. The van der Waals surface area contributed by atoms with Gasteiger partial charge < -0.3 is 15.6 Å². The molecule has 2 atom stereocenters. The summed E-state index contributed by atoms with van der Waals surface area (Å²) < 4.78 is 4.79. The third-order valence-electron chi connectivity index (χ3n) is 2.78. The Bertz CT molecular complexity index is 461. The first kappa shape index (κ1) is 12.9. The van der Waals surface area contributed by atoms with Crippen molar-refractivity contribution in [3.63, 3.8) is 0 Å². The lowest BCUT2D eigenvalue weighted by Gasteiger charge is -2.41. The number of carboxylic acids is 1. The molecule has 0 aliphatic carbocycles. The Kier molecular flexibility index (Phi) is 3.31. The Morgan fingerprint density at radius 3 is 2.72 bits per heavy atom. The molecule has 3 N–H and O–H groups in total. The number of esters is 1. The summed E-state index contributed by atoms with van der Waals surface area (Å²) in [7, 11) is 0. The smallest absolute Gasteiger partial charge is 0.353 e. The standard InChI is InChI=1S/C10H12N2O5S/c1-4(13)17-3-5-8(14)12-7(10(15)16)6(2-11)18-9(5)12/h5,9H,2-3,11H2,1H3,(H,15,16)/t5?,9-/m1/s1. The minimum atomic E-state index is -1.16. The molecular weight excluding hydrogens is 260 g/mol. The number of fused-ring (bicyclic) bond motifs is 1. The molecule has 0 spiro atoms. The number of nitrogens with zero attached hydrogens (tertiary/aromatic N) is 1. The van der Waals surface area contributed by atoms with Gasteiger partial charge in [-0.25, -0.2) is 4.79 Å². The van der Waals surface area contributed by atoms with Crippen LogP contribution in [0.3, 0.4) is 0 Å². The first-order valence-corrected chi connectivity index (χ1v) is 6.15. The third-order valence-corrected chi connectivity index (χ3v) is 4.20. The fourth-order valence-corrected chi connectivity index (χ4v) is 3.32. The van der Waals surface area contributed by atoms with Crippen molar-refractivity contribution in [1.82, 2.24) is 4.90 Å². The number of thioether (sulfide) groups is 1. The molecule has 1 fully saturated rings. The van der Waals surface area contributed by atoms with Gasteiger partial charge in [0.05, 0.1) is 0 Å². The normalized spacial score (nSPS) is 25.9. The van der Waals surface area contributed by atoms with E-state index in [0.29, 0.717) is 4.91 Å². The van der Waals surface area contributed by atoms with Gasteiger partial charge in [-0.2, -0.15) is 0 Å². The average molecular weight is 272 g/mol. The zero-order chi connectivity index (χ0) is 13.4. The number of β-lactam (4-membered cyclic amide) rings is 1. The SMILES string of the molecule is CC(=O)OCC1C(=O)N2C(C(=O)O)=C(CN)S[C@H]12. The van der Waals surface area contributed by atoms with Crippen molar-refractivity contribution in [3.05, 3.63) is 10.6 Å². The zero-order valence-electron chi connectivity index (χ0n) is 9.58. The summed E-state index contributed by atoms with van der Waals surface area (Å²) >= 11 is 1.25. The summed E-state index contributed by atoms with van der Waals surface area (Å²) in [5, 5.41) is 8.73. The zero-order valence-corrected chi connectivity index (χ0v) is 10.4. The molecule has 18 heavy (non-hydrogen) atoms. The molecule has 1 unspecified atom stereocenters. The summed E-state index contributed by atoms with van der Waals surface area (Å²) in [5.74, 6) is -2.45. The Morgan fingerprint density at radius 1 is 1.56 bits per heavy atom. The van der Waals surface area contributed by atoms with E-state index < -0.39 is 17.9 Å². The molecule has 0 radical (unpaired) electrons. The molecule has 2 aliphatic rings. The minimum absolute atomic E-state index is 0.0208. The van der Waals surface area contributed by atoms with Gasteiger partial charge in [0.15, 0.2) is 0 Å². The monoisotopic (exact) mass is 272 g/mol. The van der Waals surface area contributed by atoms with E-state index in [-0.39, 0.29) is 30.1 Å². The highest BCUT2D eigenvalue weighted by atomic mass is 32.2. The number of aliphatic carboxylic acids is 1. The maximum absolute atomic E-state index is 11.8. The Balaban J connectivity index is 2.11. The quantitative estimate of drug-likeness (QED) is 0.516. The van der Waals surface area contributed by atoms with Gasteiger partial charge in [-0.15, -0.1) is 11.8 Å². The molecule has 0 saturated carbocycles. The maximum Gasteiger partial charge on any atom is 0.353 e. The summed E-state index contributed by atoms with van der Waals surface area (Å²) in [4.78, 5) is 35.3.